The molecule has 3 aromatic rings. The first-order valence-electron chi connectivity index (χ1n) is 9.07. The number of hydrogen-bond acceptors (Lipinski definition) is 6. The van der Waals surface area contributed by atoms with Crippen molar-refractivity contribution in [2.75, 3.05) is 0 Å². The summed E-state index contributed by atoms with van der Waals surface area (Å²) in [6.07, 6.45) is 6.69. The van der Waals surface area contributed by atoms with E-state index in [1.165, 1.54) is 12.2 Å². The van der Waals surface area contributed by atoms with E-state index in [9.17, 15) is 14.4 Å². The van der Waals surface area contributed by atoms with Crippen molar-refractivity contribution >= 4 is 24.1 Å². The Kier molecular flexibility index (Phi) is 7.11. The van der Waals surface area contributed by atoms with Crippen LogP contribution in [-0.4, -0.2) is 11.9 Å². The summed E-state index contributed by atoms with van der Waals surface area (Å²) >= 11 is 0. The second-order valence-electron chi connectivity index (χ2n) is 6.09. The lowest BCUT2D eigenvalue weighted by Gasteiger charge is -2.03. The van der Waals surface area contributed by atoms with Gasteiger partial charge in [-0.25, -0.2) is 9.59 Å². The third-order valence-electron chi connectivity index (χ3n) is 3.84. The molecule has 0 radical (unpaired) electrons. The molecule has 1 heterocycles. The Morgan fingerprint density at radius 1 is 0.833 bits per heavy atom. The molecule has 6 nitrogen and oxygen atoms in total. The summed E-state index contributed by atoms with van der Waals surface area (Å²) in [4.78, 5) is 35.7. The topological polar surface area (TPSA) is 82.8 Å². The van der Waals surface area contributed by atoms with Crippen molar-refractivity contribution < 1.29 is 23.5 Å². The molecule has 0 amide bonds. The fourth-order valence-corrected chi connectivity index (χ4v) is 2.38. The Bertz CT molecular complexity index is 1110. The Morgan fingerprint density at radius 3 is 1.97 bits per heavy atom. The molecule has 0 aliphatic heterocycles. The third kappa shape index (κ3) is 6.45. The second kappa shape index (κ2) is 10.4. The highest BCUT2D eigenvalue weighted by atomic mass is 16.6. The molecule has 0 unspecified atom stereocenters. The molecule has 0 N–H and O–H groups in total. The van der Waals surface area contributed by atoms with Gasteiger partial charge in [-0.05, 0) is 23.3 Å². The highest BCUT2D eigenvalue weighted by Crippen LogP contribution is 2.09. The van der Waals surface area contributed by atoms with Gasteiger partial charge < -0.3 is 13.9 Å². The zero-order chi connectivity index (χ0) is 21.2. The quantitative estimate of drug-likeness (QED) is 0.439. The van der Waals surface area contributed by atoms with Gasteiger partial charge in [0, 0.05) is 18.2 Å². The van der Waals surface area contributed by atoms with Crippen molar-refractivity contribution in [2.45, 2.75) is 6.61 Å². The first kappa shape index (κ1) is 20.5. The fourth-order valence-electron chi connectivity index (χ4n) is 2.38. The first-order valence-corrected chi connectivity index (χ1v) is 9.07. The molecule has 0 aliphatic rings. The summed E-state index contributed by atoms with van der Waals surface area (Å²) in [7, 11) is 0. The standard InChI is InChI=1S/C24H18O6/c25-21-15-20(16-29-23(26)13-11-18-7-3-1-4-8-18)28-17-22(21)30-24(27)14-12-19-9-5-2-6-10-19/h1-15,17H,16H2/b13-11+,14-12+. The largest absolute Gasteiger partial charge is 0.462 e. The van der Waals surface area contributed by atoms with Crippen LogP contribution in [0.4, 0.5) is 0 Å². The highest BCUT2D eigenvalue weighted by Gasteiger charge is 2.09. The zero-order valence-electron chi connectivity index (χ0n) is 15.9. The number of ether oxygens (including phenoxy) is 2. The van der Waals surface area contributed by atoms with Gasteiger partial charge in [0.15, 0.2) is 0 Å². The molecule has 6 heteroatoms. The van der Waals surface area contributed by atoms with E-state index in [0.717, 1.165) is 23.5 Å². The number of esters is 2. The molecule has 0 bridgehead atoms. The SMILES string of the molecule is O=C(/C=C/c1ccccc1)OCc1cc(=O)c(OC(=O)/C=C/c2ccccc2)co1. The highest BCUT2D eigenvalue weighted by molar-refractivity contribution is 5.88. The van der Waals surface area contributed by atoms with Crippen LogP contribution < -0.4 is 10.2 Å². The number of carbonyl (C=O) groups excluding carboxylic acids is 2. The minimum absolute atomic E-state index is 0.126. The summed E-state index contributed by atoms with van der Waals surface area (Å²) in [5, 5.41) is 0. The average molecular weight is 402 g/mol. The van der Waals surface area contributed by atoms with Crippen LogP contribution in [0.5, 0.6) is 5.75 Å². The van der Waals surface area contributed by atoms with Gasteiger partial charge in [0.25, 0.3) is 0 Å². The normalized spacial score (nSPS) is 10.9. The summed E-state index contributed by atoms with van der Waals surface area (Å²) in [5.41, 5.74) is 1.11. The van der Waals surface area contributed by atoms with Crippen LogP contribution in [0.2, 0.25) is 0 Å². The molecule has 30 heavy (non-hydrogen) atoms. The molecule has 0 atom stereocenters. The van der Waals surface area contributed by atoms with E-state index in [0.29, 0.717) is 0 Å². The van der Waals surface area contributed by atoms with Gasteiger partial charge in [0.05, 0.1) is 0 Å². The lowest BCUT2D eigenvalue weighted by atomic mass is 10.2. The smallest absolute Gasteiger partial charge is 0.336 e. The maximum absolute atomic E-state index is 12.1. The number of carbonyl (C=O) groups is 2. The van der Waals surface area contributed by atoms with E-state index in [2.05, 4.69) is 0 Å². The molecular weight excluding hydrogens is 384 g/mol. The van der Waals surface area contributed by atoms with E-state index in [1.54, 1.807) is 12.2 Å². The van der Waals surface area contributed by atoms with Gasteiger partial charge in [0.2, 0.25) is 11.2 Å². The lowest BCUT2D eigenvalue weighted by Crippen LogP contribution is -2.13. The number of rotatable bonds is 7. The minimum atomic E-state index is -0.712. The van der Waals surface area contributed by atoms with Gasteiger partial charge in [-0.1, -0.05) is 60.7 Å². The fraction of sp³-hybridized carbons (Fsp3) is 0.0417. The van der Waals surface area contributed by atoms with Gasteiger partial charge in [-0.3, -0.25) is 4.79 Å². The van der Waals surface area contributed by atoms with Gasteiger partial charge in [-0.15, -0.1) is 0 Å². The van der Waals surface area contributed by atoms with E-state index in [-0.39, 0.29) is 18.1 Å². The molecule has 150 valence electrons. The molecule has 0 saturated heterocycles. The van der Waals surface area contributed by atoms with E-state index in [1.807, 2.05) is 60.7 Å². The molecule has 2 aromatic carbocycles. The molecule has 0 aliphatic carbocycles. The molecule has 1 aromatic heterocycles. The Hall–Kier alpha value is -4.19. The van der Waals surface area contributed by atoms with E-state index < -0.39 is 17.4 Å². The third-order valence-corrected chi connectivity index (χ3v) is 3.84. The van der Waals surface area contributed by atoms with Crippen LogP contribution in [0, 0.1) is 0 Å². The Balaban J connectivity index is 1.53. The molecular formula is C24H18O6. The van der Waals surface area contributed by atoms with Crippen LogP contribution >= 0.6 is 0 Å². The van der Waals surface area contributed by atoms with Crippen LogP contribution in [-0.2, 0) is 20.9 Å². The van der Waals surface area contributed by atoms with Crippen molar-refractivity contribution in [1.29, 1.82) is 0 Å². The maximum Gasteiger partial charge on any atom is 0.336 e. The molecule has 3 rings (SSSR count). The Morgan fingerprint density at radius 2 is 1.40 bits per heavy atom. The first-order chi connectivity index (χ1) is 14.6. The van der Waals surface area contributed by atoms with E-state index >= 15 is 0 Å². The van der Waals surface area contributed by atoms with Crippen molar-refractivity contribution in [3.63, 3.8) is 0 Å². The van der Waals surface area contributed by atoms with Gasteiger partial charge >= 0.3 is 11.9 Å². The maximum atomic E-state index is 12.1. The Labute approximate surface area is 172 Å². The van der Waals surface area contributed by atoms with Crippen molar-refractivity contribution in [1.82, 2.24) is 0 Å². The number of benzene rings is 2. The van der Waals surface area contributed by atoms with Crippen molar-refractivity contribution in [2.24, 2.45) is 0 Å². The summed E-state index contributed by atoms with van der Waals surface area (Å²) < 4.78 is 15.2. The monoisotopic (exact) mass is 402 g/mol. The predicted molar refractivity (Wildman–Crippen MR) is 111 cm³/mol. The van der Waals surface area contributed by atoms with Gasteiger partial charge in [-0.2, -0.15) is 0 Å². The van der Waals surface area contributed by atoms with E-state index in [4.69, 9.17) is 13.9 Å². The van der Waals surface area contributed by atoms with Crippen LogP contribution in [0.1, 0.15) is 16.9 Å². The molecule has 0 saturated carbocycles. The molecule has 0 spiro atoms. The summed E-state index contributed by atoms with van der Waals surface area (Å²) in [6.45, 7) is -0.227. The van der Waals surface area contributed by atoms with Crippen molar-refractivity contribution in [3.05, 3.63) is 112 Å². The van der Waals surface area contributed by atoms with Crippen LogP contribution in [0.25, 0.3) is 12.2 Å². The molecule has 0 fully saturated rings. The van der Waals surface area contributed by atoms with Crippen LogP contribution in [0.3, 0.4) is 0 Å². The van der Waals surface area contributed by atoms with Crippen LogP contribution in [0.15, 0.2) is 94.4 Å². The van der Waals surface area contributed by atoms with Gasteiger partial charge in [0.1, 0.15) is 18.6 Å². The lowest BCUT2D eigenvalue weighted by molar-refractivity contribution is -0.139. The average Bonchev–Trinajstić information content (AvgIpc) is 2.78. The predicted octanol–water partition coefficient (Wildman–Crippen LogP) is 4.02. The number of hydrogen-bond donors (Lipinski definition) is 0. The van der Waals surface area contributed by atoms with Crippen molar-refractivity contribution in [3.8, 4) is 5.75 Å². The summed E-state index contributed by atoms with van der Waals surface area (Å²) in [5.74, 6) is -1.42. The zero-order valence-corrected chi connectivity index (χ0v) is 15.9. The summed E-state index contributed by atoms with van der Waals surface area (Å²) in [6, 6.07) is 19.6. The minimum Gasteiger partial charge on any atom is -0.462 e. The second-order valence-corrected chi connectivity index (χ2v) is 6.09.